The van der Waals surface area contributed by atoms with E-state index in [-0.39, 0.29) is 11.7 Å². The summed E-state index contributed by atoms with van der Waals surface area (Å²) < 4.78 is 0. The van der Waals surface area contributed by atoms with Gasteiger partial charge in [-0.3, -0.25) is 4.79 Å². The van der Waals surface area contributed by atoms with Gasteiger partial charge in [-0.15, -0.1) is 0 Å². The molecule has 0 spiro atoms. The topological polar surface area (TPSA) is 55.1 Å². The van der Waals surface area contributed by atoms with Crippen LogP contribution in [0.1, 0.15) is 42.5 Å². The second-order valence-electron chi connectivity index (χ2n) is 6.27. The summed E-state index contributed by atoms with van der Waals surface area (Å²) in [5.74, 6) is 0.416. The van der Waals surface area contributed by atoms with E-state index in [1.165, 1.54) is 6.42 Å². The lowest BCUT2D eigenvalue weighted by molar-refractivity contribution is 0.0890. The van der Waals surface area contributed by atoms with Gasteiger partial charge in [-0.2, -0.15) is 0 Å². The van der Waals surface area contributed by atoms with Crippen molar-refractivity contribution in [3.8, 4) is 11.1 Å². The number of nitrogens with two attached hydrogens (primary N) is 1. The van der Waals surface area contributed by atoms with Gasteiger partial charge < -0.3 is 11.1 Å². The van der Waals surface area contributed by atoms with Crippen molar-refractivity contribution >= 4 is 17.2 Å². The Kier molecular flexibility index (Phi) is 4.65. The Balaban J connectivity index is 2.11. The summed E-state index contributed by atoms with van der Waals surface area (Å²) in [6.07, 6.45) is 5.58. The van der Waals surface area contributed by atoms with Crippen molar-refractivity contribution in [1.82, 2.24) is 0 Å². The van der Waals surface area contributed by atoms with Crippen molar-refractivity contribution in [2.75, 3.05) is 18.1 Å². The first kappa shape index (κ1) is 15.6. The Labute approximate surface area is 137 Å². The monoisotopic (exact) mass is 308 g/mol. The molecular formula is C20H24N2O. The number of hydrogen-bond donors (Lipinski definition) is 2. The average molecular weight is 308 g/mol. The Morgan fingerprint density at radius 3 is 2.39 bits per heavy atom. The molecule has 1 aliphatic carbocycles. The summed E-state index contributed by atoms with van der Waals surface area (Å²) in [6, 6.07) is 13.8. The Morgan fingerprint density at radius 2 is 1.74 bits per heavy atom. The van der Waals surface area contributed by atoms with Gasteiger partial charge in [0.15, 0.2) is 5.78 Å². The number of carbonyl (C=O) groups excluding carboxylic acids is 1. The summed E-state index contributed by atoms with van der Waals surface area (Å²) >= 11 is 0. The zero-order valence-electron chi connectivity index (χ0n) is 13.6. The van der Waals surface area contributed by atoms with Gasteiger partial charge >= 0.3 is 0 Å². The first-order valence-corrected chi connectivity index (χ1v) is 8.42. The number of carbonyl (C=O) groups is 1. The van der Waals surface area contributed by atoms with Crippen LogP contribution < -0.4 is 11.1 Å². The van der Waals surface area contributed by atoms with Crippen LogP contribution in [0.25, 0.3) is 11.1 Å². The van der Waals surface area contributed by atoms with Crippen LogP contribution in [0.15, 0.2) is 42.5 Å². The van der Waals surface area contributed by atoms with Crippen LogP contribution >= 0.6 is 0 Å². The van der Waals surface area contributed by atoms with Crippen LogP contribution in [0.2, 0.25) is 0 Å². The molecule has 0 bridgehead atoms. The maximum absolute atomic E-state index is 13.1. The molecule has 3 N–H and O–H groups in total. The van der Waals surface area contributed by atoms with Crippen LogP contribution in [0.3, 0.4) is 0 Å². The molecule has 0 saturated heterocycles. The van der Waals surface area contributed by atoms with Gasteiger partial charge in [-0.1, -0.05) is 49.6 Å². The molecule has 0 aliphatic heterocycles. The number of anilines is 2. The highest BCUT2D eigenvalue weighted by molar-refractivity contribution is 6.08. The van der Waals surface area contributed by atoms with Gasteiger partial charge in [0.1, 0.15) is 0 Å². The molecular weight excluding hydrogens is 284 g/mol. The molecule has 0 amide bonds. The molecule has 2 aromatic carbocycles. The lowest BCUT2D eigenvalue weighted by Crippen LogP contribution is -2.19. The van der Waals surface area contributed by atoms with Crippen molar-refractivity contribution in [2.45, 2.75) is 32.1 Å². The maximum Gasteiger partial charge on any atom is 0.166 e. The van der Waals surface area contributed by atoms with Crippen LogP contribution in [0, 0.1) is 5.92 Å². The minimum atomic E-state index is 0.152. The third kappa shape index (κ3) is 3.09. The number of Topliss-reactive ketones (excluding diaryl/α,β-unsaturated/α-hetero) is 1. The summed E-state index contributed by atoms with van der Waals surface area (Å²) in [5, 5.41) is 3.18. The first-order valence-electron chi connectivity index (χ1n) is 8.42. The van der Waals surface area contributed by atoms with Gasteiger partial charge in [-0.25, -0.2) is 0 Å². The van der Waals surface area contributed by atoms with Gasteiger partial charge in [0, 0.05) is 24.1 Å². The van der Waals surface area contributed by atoms with Crippen molar-refractivity contribution in [1.29, 1.82) is 0 Å². The van der Waals surface area contributed by atoms with Crippen LogP contribution in [0.4, 0.5) is 11.4 Å². The summed E-state index contributed by atoms with van der Waals surface area (Å²) in [6.45, 7) is 0. The van der Waals surface area contributed by atoms with E-state index in [0.717, 1.165) is 48.1 Å². The van der Waals surface area contributed by atoms with E-state index < -0.39 is 0 Å². The number of nitrogens with one attached hydrogen (secondary N) is 1. The number of hydrogen-bond acceptors (Lipinski definition) is 3. The Morgan fingerprint density at radius 1 is 1.04 bits per heavy atom. The van der Waals surface area contributed by atoms with Crippen molar-refractivity contribution in [2.24, 2.45) is 5.92 Å². The first-order chi connectivity index (χ1) is 11.2. The molecule has 1 fully saturated rings. The predicted molar refractivity (Wildman–Crippen MR) is 96.7 cm³/mol. The fourth-order valence-electron chi connectivity index (χ4n) is 3.58. The van der Waals surface area contributed by atoms with Crippen LogP contribution in [-0.2, 0) is 0 Å². The molecule has 2 aromatic rings. The fraction of sp³-hybridized carbons (Fsp3) is 0.350. The third-order valence-electron chi connectivity index (χ3n) is 4.79. The van der Waals surface area contributed by atoms with E-state index in [2.05, 4.69) is 5.32 Å². The third-order valence-corrected chi connectivity index (χ3v) is 4.79. The zero-order chi connectivity index (χ0) is 16.2. The van der Waals surface area contributed by atoms with Crippen molar-refractivity contribution in [3.63, 3.8) is 0 Å². The highest BCUT2D eigenvalue weighted by Gasteiger charge is 2.26. The number of nitrogen functional groups attached to an aromatic ring is 1. The molecule has 0 unspecified atom stereocenters. The normalized spacial score (nSPS) is 15.3. The molecule has 1 aliphatic rings. The maximum atomic E-state index is 13.1. The van der Waals surface area contributed by atoms with Crippen molar-refractivity contribution < 1.29 is 4.79 Å². The summed E-state index contributed by atoms with van der Waals surface area (Å²) in [5.41, 5.74) is 10.4. The molecule has 3 nitrogen and oxygen atoms in total. The fourth-order valence-corrected chi connectivity index (χ4v) is 3.58. The second-order valence-corrected chi connectivity index (χ2v) is 6.27. The lowest BCUT2D eigenvalue weighted by Gasteiger charge is -2.23. The van der Waals surface area contributed by atoms with Crippen molar-refractivity contribution in [3.05, 3.63) is 48.0 Å². The van der Waals surface area contributed by atoms with Crippen LogP contribution in [-0.4, -0.2) is 12.8 Å². The highest BCUT2D eigenvalue weighted by Crippen LogP contribution is 2.38. The minimum Gasteiger partial charge on any atom is -0.397 e. The summed E-state index contributed by atoms with van der Waals surface area (Å²) in [4.78, 5) is 13.1. The van der Waals surface area contributed by atoms with E-state index in [1.807, 2.05) is 49.5 Å². The lowest BCUT2D eigenvalue weighted by atomic mass is 9.81. The average Bonchev–Trinajstić information content (AvgIpc) is 2.62. The molecule has 0 radical (unpaired) electrons. The van der Waals surface area contributed by atoms with E-state index in [9.17, 15) is 4.79 Å². The van der Waals surface area contributed by atoms with E-state index >= 15 is 0 Å². The molecule has 0 heterocycles. The smallest absolute Gasteiger partial charge is 0.166 e. The Bertz CT molecular complexity index is 688. The zero-order valence-corrected chi connectivity index (χ0v) is 13.6. The molecule has 3 heteroatoms. The largest absolute Gasteiger partial charge is 0.397 e. The standard InChI is InChI=1S/C20H24N2O/c1-22-19-17(21)13-12-16(18(19)14-8-4-2-5-9-14)20(23)15-10-6-3-7-11-15/h2,4-5,8-9,12-13,15,22H,3,6-7,10-11,21H2,1H3. The minimum absolute atomic E-state index is 0.152. The van der Waals surface area contributed by atoms with E-state index in [1.54, 1.807) is 0 Å². The highest BCUT2D eigenvalue weighted by atomic mass is 16.1. The SMILES string of the molecule is CNc1c(N)ccc(C(=O)C2CCCCC2)c1-c1ccccc1. The molecule has 120 valence electrons. The quantitative estimate of drug-likeness (QED) is 0.633. The molecule has 3 rings (SSSR count). The van der Waals surface area contributed by atoms with Gasteiger partial charge in [0.25, 0.3) is 0 Å². The Hall–Kier alpha value is -2.29. The molecule has 0 atom stereocenters. The second kappa shape index (κ2) is 6.86. The van der Waals surface area contributed by atoms with Gasteiger partial charge in [0.2, 0.25) is 0 Å². The molecule has 0 aromatic heterocycles. The summed E-state index contributed by atoms with van der Waals surface area (Å²) in [7, 11) is 1.85. The van der Waals surface area contributed by atoms with Crippen LogP contribution in [0.5, 0.6) is 0 Å². The number of rotatable bonds is 4. The number of ketones is 1. The molecule has 23 heavy (non-hydrogen) atoms. The molecule has 1 saturated carbocycles. The van der Waals surface area contributed by atoms with E-state index in [0.29, 0.717) is 5.69 Å². The van der Waals surface area contributed by atoms with E-state index in [4.69, 9.17) is 5.73 Å². The van der Waals surface area contributed by atoms with Gasteiger partial charge in [-0.05, 0) is 30.5 Å². The van der Waals surface area contributed by atoms with Gasteiger partial charge in [0.05, 0.1) is 11.4 Å². The predicted octanol–water partition coefficient (Wildman–Crippen LogP) is 4.74. The number of benzene rings is 2.